The number of nitrogens with one attached hydrogen (secondary N) is 2. The number of benzene rings is 1. The Bertz CT molecular complexity index is 682. The molecule has 6 nitrogen and oxygen atoms in total. The molecule has 0 fully saturated rings. The quantitative estimate of drug-likeness (QED) is 0.405. The Labute approximate surface area is 163 Å². The molecule has 0 unspecified atom stereocenters. The van der Waals surface area contributed by atoms with E-state index in [2.05, 4.69) is 53.3 Å². The molecule has 1 aromatic carbocycles. The molecule has 2 N–H and O–H groups in total. The van der Waals surface area contributed by atoms with Gasteiger partial charge in [-0.2, -0.15) is 5.10 Å². The van der Waals surface area contributed by atoms with E-state index in [4.69, 9.17) is 0 Å². The Balaban J connectivity index is 1.75. The van der Waals surface area contributed by atoms with Crippen LogP contribution in [-0.4, -0.2) is 52.9 Å². The van der Waals surface area contributed by atoms with Crippen molar-refractivity contribution in [1.82, 2.24) is 25.3 Å². The molecular weight excluding hydrogens is 336 g/mol. The maximum Gasteiger partial charge on any atom is 0.191 e. The Hall–Kier alpha value is -2.34. The van der Waals surface area contributed by atoms with E-state index in [0.717, 1.165) is 36.9 Å². The van der Waals surface area contributed by atoms with Crippen LogP contribution in [0.3, 0.4) is 0 Å². The first kappa shape index (κ1) is 21.0. The predicted molar refractivity (Wildman–Crippen MR) is 113 cm³/mol. The van der Waals surface area contributed by atoms with Crippen molar-refractivity contribution in [3.05, 3.63) is 48.3 Å². The number of aromatic nitrogens is 2. The van der Waals surface area contributed by atoms with Crippen molar-refractivity contribution < 1.29 is 0 Å². The number of para-hydroxylation sites is 1. The van der Waals surface area contributed by atoms with Crippen LogP contribution in [0.25, 0.3) is 5.69 Å². The van der Waals surface area contributed by atoms with Crippen molar-refractivity contribution in [2.75, 3.05) is 20.1 Å². The van der Waals surface area contributed by atoms with Crippen molar-refractivity contribution in [2.45, 2.75) is 52.7 Å². The largest absolute Gasteiger partial charge is 0.356 e. The van der Waals surface area contributed by atoms with Gasteiger partial charge >= 0.3 is 0 Å². The average Bonchev–Trinajstić information content (AvgIpc) is 3.13. The summed E-state index contributed by atoms with van der Waals surface area (Å²) in [4.78, 5) is 6.81. The average molecular weight is 371 g/mol. The zero-order valence-electron chi connectivity index (χ0n) is 17.3. The molecule has 6 heteroatoms. The molecule has 0 radical (unpaired) electrons. The first-order chi connectivity index (χ1) is 13.0. The van der Waals surface area contributed by atoms with Crippen LogP contribution >= 0.6 is 0 Å². The lowest BCUT2D eigenvalue weighted by atomic mass is 10.2. The minimum absolute atomic E-state index is 0.571. The second-order valence-electron chi connectivity index (χ2n) is 7.22. The molecule has 2 aromatic rings. The minimum atomic E-state index is 0.571. The van der Waals surface area contributed by atoms with Gasteiger partial charge in [0.2, 0.25) is 0 Å². The molecule has 0 aliphatic rings. The molecule has 0 aliphatic heterocycles. The van der Waals surface area contributed by atoms with Gasteiger partial charge in [0.15, 0.2) is 5.96 Å². The number of nitrogens with zero attached hydrogens (tertiary/aromatic N) is 4. The van der Waals surface area contributed by atoms with Crippen molar-refractivity contribution in [1.29, 1.82) is 0 Å². The summed E-state index contributed by atoms with van der Waals surface area (Å²) in [7, 11) is 1.80. The van der Waals surface area contributed by atoms with Crippen LogP contribution < -0.4 is 10.6 Å². The predicted octanol–water partition coefficient (Wildman–Crippen LogP) is 3.05. The first-order valence-electron chi connectivity index (χ1n) is 9.81. The summed E-state index contributed by atoms with van der Waals surface area (Å²) in [5, 5.41) is 11.3. The van der Waals surface area contributed by atoms with Gasteiger partial charge in [-0.25, -0.2) is 4.68 Å². The fourth-order valence-corrected chi connectivity index (χ4v) is 3.16. The third kappa shape index (κ3) is 6.71. The van der Waals surface area contributed by atoms with Crippen LogP contribution in [0.2, 0.25) is 0 Å². The molecule has 1 aromatic heterocycles. The van der Waals surface area contributed by atoms with Gasteiger partial charge in [0.25, 0.3) is 0 Å². The van der Waals surface area contributed by atoms with Crippen molar-refractivity contribution in [3.63, 3.8) is 0 Å². The van der Waals surface area contributed by atoms with Gasteiger partial charge in [-0.05, 0) is 52.3 Å². The van der Waals surface area contributed by atoms with Crippen LogP contribution in [-0.2, 0) is 6.54 Å². The lowest BCUT2D eigenvalue weighted by Crippen LogP contribution is -2.41. The highest BCUT2D eigenvalue weighted by Crippen LogP contribution is 2.07. The zero-order valence-corrected chi connectivity index (χ0v) is 17.3. The van der Waals surface area contributed by atoms with Gasteiger partial charge in [0, 0.05) is 38.4 Å². The fourth-order valence-electron chi connectivity index (χ4n) is 3.16. The van der Waals surface area contributed by atoms with Gasteiger partial charge in [-0.15, -0.1) is 0 Å². The van der Waals surface area contributed by atoms with E-state index in [9.17, 15) is 0 Å². The number of aliphatic imine (C=N–C) groups is 1. The first-order valence-corrected chi connectivity index (χ1v) is 9.81. The molecule has 0 spiro atoms. The molecule has 148 valence electrons. The lowest BCUT2D eigenvalue weighted by Gasteiger charge is -2.30. The minimum Gasteiger partial charge on any atom is -0.356 e. The van der Waals surface area contributed by atoms with Gasteiger partial charge in [0.05, 0.1) is 17.9 Å². The van der Waals surface area contributed by atoms with E-state index in [1.54, 1.807) is 7.05 Å². The van der Waals surface area contributed by atoms with E-state index >= 15 is 0 Å². The second kappa shape index (κ2) is 10.7. The number of rotatable bonds is 9. The molecule has 2 rings (SSSR count). The van der Waals surface area contributed by atoms with E-state index < -0.39 is 0 Å². The zero-order chi connectivity index (χ0) is 19.6. The molecule has 0 amide bonds. The van der Waals surface area contributed by atoms with Gasteiger partial charge in [-0.1, -0.05) is 18.2 Å². The highest BCUT2D eigenvalue weighted by atomic mass is 15.3. The Morgan fingerprint density at radius 1 is 1.07 bits per heavy atom. The lowest BCUT2D eigenvalue weighted by molar-refractivity contribution is 0.173. The van der Waals surface area contributed by atoms with Crippen molar-refractivity contribution in [3.8, 4) is 5.69 Å². The summed E-state index contributed by atoms with van der Waals surface area (Å²) in [6.07, 6.45) is 3.06. The number of hydrogen-bond donors (Lipinski definition) is 2. The smallest absolute Gasteiger partial charge is 0.191 e. The second-order valence-corrected chi connectivity index (χ2v) is 7.22. The fraction of sp³-hybridized carbons (Fsp3) is 0.524. The van der Waals surface area contributed by atoms with E-state index in [0.29, 0.717) is 18.6 Å². The molecular formula is C21H34N6. The summed E-state index contributed by atoms with van der Waals surface area (Å²) in [6, 6.07) is 13.3. The van der Waals surface area contributed by atoms with E-state index in [-0.39, 0.29) is 0 Å². The maximum atomic E-state index is 4.61. The molecule has 0 saturated carbocycles. The monoisotopic (exact) mass is 370 g/mol. The molecule has 1 heterocycles. The molecule has 0 saturated heterocycles. The summed E-state index contributed by atoms with van der Waals surface area (Å²) >= 11 is 0. The molecule has 0 bridgehead atoms. The third-order valence-corrected chi connectivity index (χ3v) is 4.54. The number of guanidine groups is 1. The van der Waals surface area contributed by atoms with Gasteiger partial charge < -0.3 is 10.6 Å². The number of hydrogen-bond acceptors (Lipinski definition) is 3. The van der Waals surface area contributed by atoms with Gasteiger partial charge in [-0.3, -0.25) is 9.89 Å². The van der Waals surface area contributed by atoms with Crippen molar-refractivity contribution >= 4 is 5.96 Å². The maximum absolute atomic E-state index is 4.61. The molecule has 27 heavy (non-hydrogen) atoms. The highest BCUT2D eigenvalue weighted by Gasteiger charge is 2.12. The third-order valence-electron chi connectivity index (χ3n) is 4.54. The molecule has 0 aliphatic carbocycles. The Kier molecular flexibility index (Phi) is 8.33. The van der Waals surface area contributed by atoms with Crippen LogP contribution in [0.15, 0.2) is 47.6 Å². The topological polar surface area (TPSA) is 57.5 Å². The summed E-state index contributed by atoms with van der Waals surface area (Å²) < 4.78 is 1.89. The Morgan fingerprint density at radius 2 is 1.78 bits per heavy atom. The van der Waals surface area contributed by atoms with Crippen molar-refractivity contribution in [2.24, 2.45) is 4.99 Å². The summed E-state index contributed by atoms with van der Waals surface area (Å²) in [6.45, 7) is 11.6. The van der Waals surface area contributed by atoms with Crippen LogP contribution in [0.1, 0.15) is 39.8 Å². The van der Waals surface area contributed by atoms with E-state index in [1.807, 2.05) is 47.3 Å². The van der Waals surface area contributed by atoms with Crippen LogP contribution in [0, 0.1) is 0 Å². The summed E-state index contributed by atoms with van der Waals surface area (Å²) in [5.41, 5.74) is 2.04. The van der Waals surface area contributed by atoms with E-state index in [1.165, 1.54) is 0 Å². The standard InChI is InChI=1S/C21H34N6/c1-17(2)26(18(3)4)14-9-13-23-21(22-5)24-16-19-12-15-27(25-19)20-10-7-6-8-11-20/h6-8,10-12,15,17-18H,9,13-14,16H2,1-5H3,(H2,22,23,24). The van der Waals surface area contributed by atoms with Crippen LogP contribution in [0.5, 0.6) is 0 Å². The van der Waals surface area contributed by atoms with Crippen LogP contribution in [0.4, 0.5) is 0 Å². The highest BCUT2D eigenvalue weighted by molar-refractivity contribution is 5.79. The normalized spacial score (nSPS) is 12.2. The molecule has 0 atom stereocenters. The SMILES string of the molecule is CN=C(NCCCN(C(C)C)C(C)C)NCc1ccn(-c2ccccc2)n1. The Morgan fingerprint density at radius 3 is 2.41 bits per heavy atom. The van der Waals surface area contributed by atoms with Gasteiger partial charge in [0.1, 0.15) is 0 Å². The summed E-state index contributed by atoms with van der Waals surface area (Å²) in [5.74, 6) is 0.810.